The first-order valence-corrected chi connectivity index (χ1v) is 41.9. The third-order valence-corrected chi connectivity index (χ3v) is 27.1. The van der Waals surface area contributed by atoms with Gasteiger partial charge in [-0.1, -0.05) is 158 Å². The van der Waals surface area contributed by atoms with Crippen LogP contribution >= 0.6 is 45.3 Å². The minimum Gasteiger partial charge on any atom is -0.456 e. The molecule has 0 atom stereocenters. The second-order valence-electron chi connectivity index (χ2n) is 29.8. The van der Waals surface area contributed by atoms with Gasteiger partial charge < -0.3 is 33.6 Å². The van der Waals surface area contributed by atoms with Gasteiger partial charge in [0.15, 0.2) is 11.2 Å². The van der Waals surface area contributed by atoms with Crippen molar-refractivity contribution in [3.05, 3.63) is 328 Å². The number of fused-ring (bicyclic) bond motifs is 21. The third-order valence-electron chi connectivity index (χ3n) is 22.7. The summed E-state index contributed by atoms with van der Waals surface area (Å²) in [5, 5.41) is 27.2. The van der Waals surface area contributed by atoms with Crippen LogP contribution in [0.3, 0.4) is 0 Å². The van der Waals surface area contributed by atoms with Crippen molar-refractivity contribution in [2.75, 3.05) is 16.0 Å². The van der Waals surface area contributed by atoms with E-state index in [4.69, 9.17) is 37.6 Å². The van der Waals surface area contributed by atoms with Crippen LogP contribution in [0.2, 0.25) is 0 Å². The maximum Gasteiger partial charge on any atom is 0.227 e. The number of anilines is 6. The number of para-hydroxylation sites is 8. The van der Waals surface area contributed by atoms with E-state index in [1.54, 1.807) is 34.0 Å². The summed E-state index contributed by atoms with van der Waals surface area (Å²) in [4.78, 5) is 20.5. The highest BCUT2D eigenvalue weighted by Crippen LogP contribution is 2.51. The first-order valence-electron chi connectivity index (χ1n) is 38.7. The fraction of sp³-hybridized carbons (Fsp3) is 0. The standard InChI is InChI=1S/C102H57N7O4S4/c1-8-24-84-65(16-1)75-53-83(105-63-45-60(99-106-78-19-4-10-26-86(78)112-99)44-61(46-63)100-107-79-20-5-11-27-87(79)113-100)72(54-88(75)110-84)56-34-32-55(33-35-56)57-36-41-70-93(49-57)115-94-52-64(51-76(95(70)94)102-109-81-22-7-14-30-91(81)117-102)104-77-43-38-59(101-108-80-21-6-13-29-90(80)116-101)48-71(77)58-37-40-67-73(47-58)74-50-62(39-42-66(74)96-68-17-2-9-25-85(68)111-98(67)96)103-82-23-15-31-92-97(82)69-18-3-12-28-89(69)114-92/h1-54,103-105H. The first kappa shape index (κ1) is 65.9. The molecular formula is C102H57N7O4S4. The van der Waals surface area contributed by atoms with Gasteiger partial charge in [-0.15, -0.1) is 45.3 Å². The van der Waals surface area contributed by atoms with Crippen LogP contribution in [0.4, 0.5) is 34.1 Å². The van der Waals surface area contributed by atoms with Crippen LogP contribution in [0.5, 0.6) is 0 Å². The fourth-order valence-corrected chi connectivity index (χ4v) is 21.6. The monoisotopic (exact) mass is 1570 g/mol. The van der Waals surface area contributed by atoms with E-state index < -0.39 is 0 Å². The lowest BCUT2D eigenvalue weighted by Gasteiger charge is -2.17. The summed E-state index contributed by atoms with van der Waals surface area (Å²) < 4.78 is 33.5. The van der Waals surface area contributed by atoms with Crippen molar-refractivity contribution < 1.29 is 17.7 Å². The zero-order valence-electron chi connectivity index (χ0n) is 61.7. The van der Waals surface area contributed by atoms with Gasteiger partial charge in [0.1, 0.15) is 43.4 Å². The summed E-state index contributed by atoms with van der Waals surface area (Å²) in [6.07, 6.45) is 0. The van der Waals surface area contributed by atoms with Crippen LogP contribution in [0.25, 0.3) is 226 Å². The molecule has 25 rings (SSSR count). The number of hydrogen-bond acceptors (Lipinski definition) is 15. The van der Waals surface area contributed by atoms with Crippen LogP contribution < -0.4 is 16.0 Å². The molecule has 0 aliphatic carbocycles. The number of thiophene rings is 2. The van der Waals surface area contributed by atoms with Crippen molar-refractivity contribution in [3.8, 4) is 77.4 Å². The Labute approximate surface area is 681 Å². The number of benzene rings is 17. The number of thiazole rings is 2. The Bertz CT molecular complexity index is 8260. The lowest BCUT2D eigenvalue weighted by molar-refractivity contribution is 0.617. The number of hydrogen-bond donors (Lipinski definition) is 3. The number of oxazole rings is 2. The third kappa shape index (κ3) is 11.0. The minimum absolute atomic E-state index is 0.488. The molecule has 11 nitrogen and oxygen atoms in total. The van der Waals surface area contributed by atoms with Crippen LogP contribution in [0.1, 0.15) is 0 Å². The van der Waals surface area contributed by atoms with E-state index in [1.807, 2.05) is 78.1 Å². The van der Waals surface area contributed by atoms with Gasteiger partial charge in [0.05, 0.1) is 20.4 Å². The Balaban J connectivity index is 0.607. The molecule has 3 N–H and O–H groups in total. The predicted molar refractivity (Wildman–Crippen MR) is 491 cm³/mol. The second kappa shape index (κ2) is 26.0. The van der Waals surface area contributed by atoms with E-state index in [0.29, 0.717) is 22.9 Å². The Hall–Kier alpha value is -14.6. The molecule has 0 amide bonds. The summed E-state index contributed by atoms with van der Waals surface area (Å²) in [6, 6.07) is 116. The zero-order chi connectivity index (χ0) is 76.5. The second-order valence-corrected chi connectivity index (χ2v) is 34.0. The van der Waals surface area contributed by atoms with E-state index in [2.05, 4.69) is 277 Å². The number of nitrogens with zero attached hydrogens (tertiary/aromatic N) is 4. The number of nitrogens with one attached hydrogen (secondary N) is 3. The van der Waals surface area contributed by atoms with E-state index in [-0.39, 0.29) is 0 Å². The zero-order valence-corrected chi connectivity index (χ0v) is 65.0. The van der Waals surface area contributed by atoms with Gasteiger partial charge in [0.25, 0.3) is 0 Å². The van der Waals surface area contributed by atoms with Crippen LogP contribution in [-0.2, 0) is 0 Å². The van der Waals surface area contributed by atoms with Crippen molar-refractivity contribution in [1.29, 1.82) is 0 Å². The summed E-state index contributed by atoms with van der Waals surface area (Å²) in [5.74, 6) is 0.976. The molecular weight excluding hydrogens is 1520 g/mol. The quantitative estimate of drug-likeness (QED) is 0.0951. The smallest absolute Gasteiger partial charge is 0.227 e. The Morgan fingerprint density at radius 2 is 0.778 bits per heavy atom. The van der Waals surface area contributed by atoms with E-state index in [0.717, 1.165) is 201 Å². The first-order chi connectivity index (χ1) is 57.8. The van der Waals surface area contributed by atoms with Crippen molar-refractivity contribution in [2.45, 2.75) is 0 Å². The molecule has 25 aromatic rings. The largest absolute Gasteiger partial charge is 0.456 e. The highest BCUT2D eigenvalue weighted by Gasteiger charge is 2.25. The summed E-state index contributed by atoms with van der Waals surface area (Å²) in [5.41, 5.74) is 23.8. The lowest BCUT2D eigenvalue weighted by Crippen LogP contribution is -1.96. The molecule has 0 aliphatic heterocycles. The minimum atomic E-state index is 0.488. The molecule has 0 fully saturated rings. The number of rotatable bonds is 13. The van der Waals surface area contributed by atoms with Crippen molar-refractivity contribution in [1.82, 2.24) is 19.9 Å². The van der Waals surface area contributed by atoms with Gasteiger partial charge in [-0.2, -0.15) is 0 Å². The van der Waals surface area contributed by atoms with Gasteiger partial charge in [0.2, 0.25) is 11.8 Å². The van der Waals surface area contributed by atoms with Crippen molar-refractivity contribution >= 4 is 228 Å². The average Bonchev–Trinajstić information content (AvgIpc) is 1.49. The Kier molecular flexibility index (Phi) is 14.6. The molecule has 0 aliphatic rings. The van der Waals surface area contributed by atoms with Gasteiger partial charge in [-0.25, -0.2) is 19.9 Å². The topological polar surface area (TPSA) is 140 Å². The van der Waals surface area contributed by atoms with Crippen LogP contribution in [0, 0.1) is 0 Å². The Morgan fingerprint density at radius 3 is 1.54 bits per heavy atom. The molecule has 8 aromatic heterocycles. The Morgan fingerprint density at radius 1 is 0.214 bits per heavy atom. The molecule has 0 spiro atoms. The molecule has 0 saturated carbocycles. The van der Waals surface area contributed by atoms with E-state index in [9.17, 15) is 0 Å². The maximum atomic E-state index is 6.93. The SMILES string of the molecule is c1ccc2oc(-c3cc(Nc4cc5c(cc4-c4ccc(-c6ccc7c(c6)sc6cc(Nc8ccc(-c9nc%10ccccc%10s9)cc8-c8ccc9c(c8)c8cc(Nc%10cccc%11sc%12ccccc%12c%10%11)ccc8c8c%10ccccc%10oc98)cc(-c8nc9ccccc9s8)c67)cc4)oc4ccccc45)cc(-c4nc5ccccc5o4)c3)nc2c1. The number of furan rings is 2. The maximum absolute atomic E-state index is 6.93. The van der Waals surface area contributed by atoms with Crippen molar-refractivity contribution in [3.63, 3.8) is 0 Å². The fourth-order valence-electron chi connectivity index (χ4n) is 17.3. The highest BCUT2D eigenvalue weighted by molar-refractivity contribution is 7.26. The summed E-state index contributed by atoms with van der Waals surface area (Å²) >= 11 is 7.07. The summed E-state index contributed by atoms with van der Waals surface area (Å²) in [6.45, 7) is 0. The molecule has 15 heteroatoms. The molecule has 117 heavy (non-hydrogen) atoms. The number of aromatic nitrogens is 4. The molecule has 8 heterocycles. The average molecular weight is 1570 g/mol. The van der Waals surface area contributed by atoms with Crippen molar-refractivity contribution in [2.24, 2.45) is 0 Å². The molecule has 0 bridgehead atoms. The van der Waals surface area contributed by atoms with Crippen LogP contribution in [0.15, 0.2) is 345 Å². The molecule has 17 aromatic carbocycles. The van der Waals surface area contributed by atoms with Crippen LogP contribution in [-0.4, -0.2) is 19.9 Å². The molecule has 0 unspecified atom stereocenters. The van der Waals surface area contributed by atoms with Gasteiger partial charge in [0, 0.05) is 135 Å². The molecule has 0 saturated heterocycles. The predicted octanol–water partition coefficient (Wildman–Crippen LogP) is 30.9. The molecule has 0 radical (unpaired) electrons. The summed E-state index contributed by atoms with van der Waals surface area (Å²) in [7, 11) is 0. The normalized spacial score (nSPS) is 12.1. The van der Waals surface area contributed by atoms with E-state index in [1.165, 1.54) is 35.6 Å². The lowest BCUT2D eigenvalue weighted by atomic mass is 9.92. The van der Waals surface area contributed by atoms with Gasteiger partial charge in [-0.05, 0) is 208 Å². The van der Waals surface area contributed by atoms with Gasteiger partial charge in [-0.3, -0.25) is 0 Å². The highest BCUT2D eigenvalue weighted by atomic mass is 32.1. The van der Waals surface area contributed by atoms with Gasteiger partial charge >= 0.3 is 0 Å². The van der Waals surface area contributed by atoms with E-state index >= 15 is 0 Å². The molecule has 548 valence electrons.